The first-order valence-electron chi connectivity index (χ1n) is 18.4. The Morgan fingerprint density at radius 1 is 0.407 bits per heavy atom. The summed E-state index contributed by atoms with van der Waals surface area (Å²) in [4.78, 5) is 4.89. The molecule has 0 radical (unpaired) electrons. The Morgan fingerprint density at radius 3 is 1.65 bits per heavy atom. The molecule has 54 heavy (non-hydrogen) atoms. The Hall–Kier alpha value is -6.76. The van der Waals surface area contributed by atoms with Crippen LogP contribution in [0.3, 0.4) is 0 Å². The van der Waals surface area contributed by atoms with E-state index in [0.717, 1.165) is 66.6 Å². The van der Waals surface area contributed by atoms with Crippen LogP contribution >= 0.6 is 11.3 Å². The highest BCUT2D eigenvalue weighted by Gasteiger charge is 2.44. The molecule has 2 aliphatic heterocycles. The fourth-order valence-electron chi connectivity index (χ4n) is 9.43. The molecule has 2 aliphatic rings. The average Bonchev–Trinajstić information content (AvgIpc) is 3.91. The minimum Gasteiger partial charge on any atom is -0.454 e. The van der Waals surface area contributed by atoms with Crippen LogP contribution in [0.25, 0.3) is 64.0 Å². The lowest BCUT2D eigenvalue weighted by atomic mass is 9.33. The molecule has 0 unspecified atom stereocenters. The van der Waals surface area contributed by atoms with Gasteiger partial charge >= 0.3 is 0 Å². The first-order valence-corrected chi connectivity index (χ1v) is 19.2. The van der Waals surface area contributed by atoms with Crippen LogP contribution in [0.5, 0.6) is 0 Å². The summed E-state index contributed by atoms with van der Waals surface area (Å²) in [6, 6.07) is 59.3. The van der Waals surface area contributed by atoms with Crippen LogP contribution in [0.2, 0.25) is 0 Å². The quantitative estimate of drug-likeness (QED) is 0.168. The second-order valence-corrected chi connectivity index (χ2v) is 15.5. The van der Waals surface area contributed by atoms with Gasteiger partial charge in [-0.25, -0.2) is 0 Å². The van der Waals surface area contributed by atoms with E-state index in [1.807, 2.05) is 23.5 Å². The molecule has 0 saturated heterocycles. The Balaban J connectivity index is 1.15. The molecule has 250 valence electrons. The van der Waals surface area contributed by atoms with Crippen LogP contribution in [-0.4, -0.2) is 6.71 Å². The van der Waals surface area contributed by atoms with Gasteiger partial charge in [-0.1, -0.05) is 97.1 Å². The first kappa shape index (κ1) is 28.8. The number of benzene rings is 8. The molecular formula is C48H27BN2O2S. The van der Waals surface area contributed by atoms with E-state index < -0.39 is 0 Å². The van der Waals surface area contributed by atoms with Gasteiger partial charge in [-0.3, -0.25) is 0 Å². The fourth-order valence-corrected chi connectivity index (χ4v) is 10.5. The Morgan fingerprint density at radius 2 is 0.944 bits per heavy atom. The third-order valence-corrected chi connectivity index (χ3v) is 12.8. The smallest absolute Gasteiger partial charge is 0.252 e. The summed E-state index contributed by atoms with van der Waals surface area (Å²) in [7, 11) is 0. The Kier molecular flexibility index (Phi) is 5.56. The van der Waals surface area contributed by atoms with Gasteiger partial charge in [0.05, 0.1) is 0 Å². The monoisotopic (exact) mass is 706 g/mol. The molecular weight excluding hydrogens is 679 g/mol. The van der Waals surface area contributed by atoms with E-state index in [4.69, 9.17) is 8.83 Å². The van der Waals surface area contributed by atoms with E-state index in [2.05, 4.69) is 161 Å². The molecule has 5 heterocycles. The van der Waals surface area contributed by atoms with Gasteiger partial charge in [0.2, 0.25) is 0 Å². The zero-order valence-electron chi connectivity index (χ0n) is 28.8. The second kappa shape index (κ2) is 10.4. The molecule has 0 atom stereocenters. The van der Waals surface area contributed by atoms with Crippen molar-refractivity contribution in [1.29, 1.82) is 0 Å². The topological polar surface area (TPSA) is 32.8 Å². The van der Waals surface area contributed by atoms with Crippen molar-refractivity contribution < 1.29 is 8.83 Å². The Bertz CT molecular complexity index is 3300. The van der Waals surface area contributed by atoms with Gasteiger partial charge in [-0.05, 0) is 83.1 Å². The number of fused-ring (bicyclic) bond motifs is 13. The highest BCUT2D eigenvalue weighted by Crippen LogP contribution is 2.51. The molecule has 0 aliphatic carbocycles. The van der Waals surface area contributed by atoms with Crippen molar-refractivity contribution in [2.45, 2.75) is 0 Å². The van der Waals surface area contributed by atoms with Crippen molar-refractivity contribution in [3.05, 3.63) is 164 Å². The van der Waals surface area contributed by atoms with E-state index >= 15 is 0 Å². The minimum absolute atomic E-state index is 0.0304. The molecule has 0 N–H and O–H groups in total. The molecule has 3 aromatic heterocycles. The third-order valence-electron chi connectivity index (χ3n) is 11.6. The summed E-state index contributed by atoms with van der Waals surface area (Å²) < 4.78 is 16.4. The van der Waals surface area contributed by atoms with Crippen LogP contribution < -0.4 is 26.2 Å². The zero-order chi connectivity index (χ0) is 35.1. The number of anilines is 6. The third kappa shape index (κ3) is 3.68. The van der Waals surface area contributed by atoms with E-state index in [9.17, 15) is 0 Å². The highest BCUT2D eigenvalue weighted by molar-refractivity contribution is 7.25. The first-order chi connectivity index (χ1) is 26.8. The Labute approximate surface area is 313 Å². The van der Waals surface area contributed by atoms with E-state index in [1.54, 1.807) is 0 Å². The van der Waals surface area contributed by atoms with Gasteiger partial charge in [0.15, 0.2) is 11.2 Å². The van der Waals surface area contributed by atoms with Crippen molar-refractivity contribution in [2.75, 3.05) is 9.80 Å². The SMILES string of the molecule is c1ccc2c(c1)B1c3ccccc3N(c3c4oc5ccccc5c4cc4c3oc3ccccc34)c3cccc(c31)N2c1ccc2sc3ccccc3c2c1. The lowest BCUT2D eigenvalue weighted by Crippen LogP contribution is -2.61. The lowest BCUT2D eigenvalue weighted by Gasteiger charge is -2.43. The van der Waals surface area contributed by atoms with Gasteiger partial charge in [-0.15, -0.1) is 11.3 Å². The number of rotatable bonds is 2. The summed E-state index contributed by atoms with van der Waals surface area (Å²) in [6.45, 7) is 0.0304. The standard InChI is InChI=1S/C48H27BN2O2S/c1-8-21-41-29(12-1)33-27-34-30-13-2-9-22-42(30)53-48(34)46(47(33)52-41)51-38-18-7-5-16-36(38)49-35-15-4-6-17-37(35)50(39-19-11-20-40(51)45(39)49)28-24-25-44-32(26-28)31-14-3-10-23-43(31)54-44/h1-27H. The van der Waals surface area contributed by atoms with Crippen LogP contribution in [0.1, 0.15) is 0 Å². The number of hydrogen-bond acceptors (Lipinski definition) is 5. The molecule has 6 heteroatoms. The number of para-hydroxylation sites is 4. The molecule has 4 nitrogen and oxygen atoms in total. The number of nitrogens with zero attached hydrogens (tertiary/aromatic N) is 2. The van der Waals surface area contributed by atoms with Crippen LogP contribution in [0.4, 0.5) is 34.1 Å². The van der Waals surface area contributed by atoms with Crippen LogP contribution in [-0.2, 0) is 0 Å². The van der Waals surface area contributed by atoms with Gasteiger partial charge in [0, 0.05) is 70.2 Å². The van der Waals surface area contributed by atoms with E-state index in [-0.39, 0.29) is 6.71 Å². The van der Waals surface area contributed by atoms with Crippen molar-refractivity contribution in [3.8, 4) is 0 Å². The fraction of sp³-hybridized carbons (Fsp3) is 0. The van der Waals surface area contributed by atoms with Crippen molar-refractivity contribution in [1.82, 2.24) is 0 Å². The van der Waals surface area contributed by atoms with Gasteiger partial charge in [0.25, 0.3) is 6.71 Å². The molecule has 0 fully saturated rings. The van der Waals surface area contributed by atoms with Gasteiger partial charge in [-0.2, -0.15) is 0 Å². The molecule has 0 saturated carbocycles. The van der Waals surface area contributed by atoms with E-state index in [1.165, 1.54) is 47.9 Å². The minimum atomic E-state index is 0.0304. The molecule has 0 spiro atoms. The normalized spacial score (nSPS) is 13.4. The average molecular weight is 707 g/mol. The maximum atomic E-state index is 6.87. The number of thiophene rings is 1. The summed E-state index contributed by atoms with van der Waals surface area (Å²) in [6.07, 6.45) is 0. The lowest BCUT2D eigenvalue weighted by molar-refractivity contribution is 0.656. The summed E-state index contributed by atoms with van der Waals surface area (Å²) in [5, 5.41) is 6.92. The predicted octanol–water partition coefficient (Wildman–Crippen LogP) is 11.9. The second-order valence-electron chi connectivity index (χ2n) is 14.4. The summed E-state index contributed by atoms with van der Waals surface area (Å²) in [5.74, 6) is 0. The van der Waals surface area contributed by atoms with Crippen LogP contribution in [0, 0.1) is 0 Å². The van der Waals surface area contributed by atoms with Crippen LogP contribution in [0.15, 0.2) is 173 Å². The molecule has 0 amide bonds. The maximum Gasteiger partial charge on any atom is 0.252 e. The summed E-state index contributed by atoms with van der Waals surface area (Å²) in [5.41, 5.74) is 13.8. The van der Waals surface area contributed by atoms with Gasteiger partial charge in [0.1, 0.15) is 16.9 Å². The number of furan rings is 2. The molecule has 0 bridgehead atoms. The van der Waals surface area contributed by atoms with Crippen molar-refractivity contribution in [3.63, 3.8) is 0 Å². The van der Waals surface area contributed by atoms with Crippen molar-refractivity contribution >= 4 is 133 Å². The zero-order valence-corrected chi connectivity index (χ0v) is 29.6. The largest absolute Gasteiger partial charge is 0.454 e. The number of hydrogen-bond donors (Lipinski definition) is 0. The van der Waals surface area contributed by atoms with E-state index in [0.29, 0.717) is 0 Å². The van der Waals surface area contributed by atoms with Gasteiger partial charge < -0.3 is 18.6 Å². The molecule has 8 aromatic carbocycles. The van der Waals surface area contributed by atoms with Crippen molar-refractivity contribution in [2.24, 2.45) is 0 Å². The molecule has 13 rings (SSSR count). The highest BCUT2D eigenvalue weighted by atomic mass is 32.1. The molecule has 11 aromatic rings. The summed E-state index contributed by atoms with van der Waals surface area (Å²) >= 11 is 1.86. The maximum absolute atomic E-state index is 6.87. The predicted molar refractivity (Wildman–Crippen MR) is 228 cm³/mol.